The summed E-state index contributed by atoms with van der Waals surface area (Å²) in [6.45, 7) is 2.22. The van der Waals surface area contributed by atoms with Gasteiger partial charge in [0.1, 0.15) is 67.1 Å². The summed E-state index contributed by atoms with van der Waals surface area (Å²) in [5.74, 6) is -6.09. The summed E-state index contributed by atoms with van der Waals surface area (Å²) in [7, 11) is 0. The summed E-state index contributed by atoms with van der Waals surface area (Å²) >= 11 is 0. The number of nitrogens with one attached hydrogen (secondary N) is 2. The first-order chi connectivity index (χ1) is 43.4. The standard InChI is InChI=1S/C67H126N2O21/c1-4-6-8-10-12-14-16-18-20-21-22-23-24-25-26-27-28-30-32-34-36-38-40-49(74)48(69-54(77)41-39-37-35-33-31-29-19-17-15-13-11-9-7-5-2)46-85-64-59(81)58(80)61(53(45-72)87-64)88-65-60(82)63(57(79)52(44-71)86-65)90-67(66(83)84)42-50(75)55(68-47(3)73)62(89-67)56(78)51(76)43-70/h48-53,55-65,70-72,74-76,78-82H,4-46H2,1-3H3,(H,68,73)(H,69,77)(H,83,84). The van der Waals surface area contributed by atoms with Crippen molar-refractivity contribution >= 4 is 17.8 Å². The van der Waals surface area contributed by atoms with Crippen LogP contribution < -0.4 is 10.6 Å². The van der Waals surface area contributed by atoms with Crippen LogP contribution in [0.25, 0.3) is 0 Å². The number of carboxylic acid groups (broad SMARTS) is 1. The number of rotatable bonds is 54. The number of hydrogen-bond acceptors (Lipinski definition) is 20. The van der Waals surface area contributed by atoms with Crippen LogP contribution in [0.2, 0.25) is 0 Å². The Labute approximate surface area is 538 Å². The van der Waals surface area contributed by atoms with E-state index in [9.17, 15) is 75.7 Å². The van der Waals surface area contributed by atoms with Crippen LogP contribution in [0.1, 0.15) is 271 Å². The van der Waals surface area contributed by atoms with Gasteiger partial charge in [0, 0.05) is 19.8 Å². The van der Waals surface area contributed by atoms with Crippen molar-refractivity contribution < 1.29 is 104 Å². The minimum atomic E-state index is -3.08. The zero-order chi connectivity index (χ0) is 66.1. The van der Waals surface area contributed by atoms with Crippen LogP contribution in [-0.2, 0) is 42.8 Å². The summed E-state index contributed by atoms with van der Waals surface area (Å²) in [6.07, 6.45) is 15.3. The lowest BCUT2D eigenvalue weighted by atomic mass is 9.88. The molecule has 14 N–H and O–H groups in total. The van der Waals surface area contributed by atoms with E-state index in [0.29, 0.717) is 19.3 Å². The SMILES string of the molecule is CCCCCCCCCCCCCCCCCCCCCCCCC(O)C(COC1OC(CO)C(OC2OC(CO)C(O)C(OC3(C(=O)O)CC(O)C(NC(C)=O)C(C(O)C(O)CO)O3)C2O)C(O)C1O)NC(=O)CCCCCCCCCCCCCCCC. The highest BCUT2D eigenvalue weighted by atomic mass is 16.8. The summed E-state index contributed by atoms with van der Waals surface area (Å²) in [6, 6.07) is -2.52. The molecule has 3 rings (SSSR count). The molecular formula is C67H126N2O21. The molecule has 0 saturated carbocycles. The van der Waals surface area contributed by atoms with Gasteiger partial charge in [0.05, 0.1) is 50.7 Å². The molecule has 18 unspecified atom stereocenters. The average molecular weight is 1300 g/mol. The third-order valence-electron chi connectivity index (χ3n) is 18.3. The van der Waals surface area contributed by atoms with E-state index >= 15 is 0 Å². The molecule has 23 heteroatoms. The lowest BCUT2D eigenvalue weighted by molar-refractivity contribution is -0.386. The van der Waals surface area contributed by atoms with E-state index in [2.05, 4.69) is 24.5 Å². The molecular weight excluding hydrogens is 1170 g/mol. The Bertz CT molecular complexity index is 1830. The fraction of sp³-hybridized carbons (Fsp3) is 0.955. The van der Waals surface area contributed by atoms with E-state index in [4.69, 9.17) is 28.4 Å². The van der Waals surface area contributed by atoms with E-state index in [0.717, 1.165) is 58.3 Å². The predicted molar refractivity (Wildman–Crippen MR) is 339 cm³/mol. The number of hydrogen-bond donors (Lipinski definition) is 14. The Hall–Kier alpha value is -2.27. The van der Waals surface area contributed by atoms with Crippen molar-refractivity contribution in [3.63, 3.8) is 0 Å². The van der Waals surface area contributed by atoms with Crippen molar-refractivity contribution in [3.8, 4) is 0 Å². The van der Waals surface area contributed by atoms with Gasteiger partial charge in [-0.05, 0) is 12.8 Å². The van der Waals surface area contributed by atoms with Gasteiger partial charge in [-0.1, -0.05) is 239 Å². The van der Waals surface area contributed by atoms with E-state index < -0.39 is 148 Å². The van der Waals surface area contributed by atoms with Gasteiger partial charge in [-0.25, -0.2) is 4.79 Å². The van der Waals surface area contributed by atoms with Gasteiger partial charge in [0.15, 0.2) is 12.6 Å². The highest BCUT2D eigenvalue weighted by Gasteiger charge is 2.60. The number of aliphatic hydroxyl groups is 11. The van der Waals surface area contributed by atoms with Crippen LogP contribution in [0.15, 0.2) is 0 Å². The predicted octanol–water partition coefficient (Wildman–Crippen LogP) is 6.51. The first-order valence-corrected chi connectivity index (χ1v) is 35.4. The first kappa shape index (κ1) is 82.0. The lowest BCUT2D eigenvalue weighted by Gasteiger charge is -2.50. The number of carboxylic acids is 1. The number of aliphatic carboxylic acids is 1. The fourth-order valence-corrected chi connectivity index (χ4v) is 12.7. The number of carbonyl (C=O) groups is 3. The van der Waals surface area contributed by atoms with Crippen molar-refractivity contribution in [1.29, 1.82) is 0 Å². The molecule has 0 aromatic rings. The summed E-state index contributed by atoms with van der Waals surface area (Å²) in [5, 5.41) is 136. The van der Waals surface area contributed by atoms with Gasteiger partial charge in [0.25, 0.3) is 5.79 Å². The highest BCUT2D eigenvalue weighted by molar-refractivity contribution is 5.77. The quantitative estimate of drug-likeness (QED) is 0.0288. The van der Waals surface area contributed by atoms with E-state index in [1.54, 1.807) is 0 Å². The third kappa shape index (κ3) is 30.6. The van der Waals surface area contributed by atoms with E-state index in [1.165, 1.54) is 167 Å². The maximum absolute atomic E-state index is 13.5. The number of ether oxygens (including phenoxy) is 6. The molecule has 18 atom stereocenters. The number of carbonyl (C=O) groups excluding carboxylic acids is 2. The van der Waals surface area contributed by atoms with Crippen molar-refractivity contribution in [1.82, 2.24) is 10.6 Å². The van der Waals surface area contributed by atoms with Crippen LogP contribution in [0.3, 0.4) is 0 Å². The van der Waals surface area contributed by atoms with Crippen molar-refractivity contribution in [2.24, 2.45) is 0 Å². The summed E-state index contributed by atoms with van der Waals surface area (Å²) in [4.78, 5) is 38.5. The van der Waals surface area contributed by atoms with Crippen molar-refractivity contribution in [3.05, 3.63) is 0 Å². The molecule has 0 bridgehead atoms. The molecule has 3 fully saturated rings. The molecule has 0 aliphatic carbocycles. The zero-order valence-electron chi connectivity index (χ0n) is 55.3. The summed E-state index contributed by atoms with van der Waals surface area (Å²) < 4.78 is 34.9. The molecule has 530 valence electrons. The van der Waals surface area contributed by atoms with Gasteiger partial charge in [-0.3, -0.25) is 9.59 Å². The van der Waals surface area contributed by atoms with Gasteiger partial charge in [-0.2, -0.15) is 0 Å². The van der Waals surface area contributed by atoms with Crippen LogP contribution in [-0.4, -0.2) is 215 Å². The van der Waals surface area contributed by atoms with E-state index in [-0.39, 0.29) is 18.9 Å². The second-order valence-corrected chi connectivity index (χ2v) is 26.1. The van der Waals surface area contributed by atoms with E-state index in [1.807, 2.05) is 0 Å². The Morgan fingerprint density at radius 1 is 0.533 bits per heavy atom. The van der Waals surface area contributed by atoms with Gasteiger partial charge < -0.3 is 100 Å². The van der Waals surface area contributed by atoms with Crippen molar-refractivity contribution in [2.75, 3.05) is 26.4 Å². The van der Waals surface area contributed by atoms with Gasteiger partial charge in [-0.15, -0.1) is 0 Å². The van der Waals surface area contributed by atoms with Gasteiger partial charge in [0.2, 0.25) is 11.8 Å². The second kappa shape index (κ2) is 48.4. The topological polar surface area (TPSA) is 373 Å². The monoisotopic (exact) mass is 1290 g/mol. The zero-order valence-corrected chi connectivity index (χ0v) is 55.3. The molecule has 3 heterocycles. The Morgan fingerprint density at radius 3 is 1.39 bits per heavy atom. The molecule has 23 nitrogen and oxygen atoms in total. The minimum Gasteiger partial charge on any atom is -0.477 e. The lowest BCUT2D eigenvalue weighted by Crippen LogP contribution is -2.70. The normalized spacial score (nSPS) is 28.5. The number of amides is 2. The molecule has 3 saturated heterocycles. The van der Waals surface area contributed by atoms with Crippen molar-refractivity contribution in [2.45, 2.75) is 381 Å². The molecule has 0 aromatic heterocycles. The smallest absolute Gasteiger partial charge is 0.364 e. The summed E-state index contributed by atoms with van der Waals surface area (Å²) in [5.41, 5.74) is 0. The minimum absolute atomic E-state index is 0.229. The van der Waals surface area contributed by atoms with Crippen LogP contribution in [0, 0.1) is 0 Å². The highest BCUT2D eigenvalue weighted by Crippen LogP contribution is 2.39. The Balaban J connectivity index is 1.58. The molecule has 0 radical (unpaired) electrons. The third-order valence-corrected chi connectivity index (χ3v) is 18.3. The first-order valence-electron chi connectivity index (χ1n) is 35.4. The van der Waals surface area contributed by atoms with Crippen LogP contribution >= 0.6 is 0 Å². The largest absolute Gasteiger partial charge is 0.477 e. The maximum atomic E-state index is 13.5. The Morgan fingerprint density at radius 2 is 0.967 bits per heavy atom. The number of unbranched alkanes of at least 4 members (excludes halogenated alkanes) is 34. The average Bonchev–Trinajstić information content (AvgIpc) is 0.847. The van der Waals surface area contributed by atoms with Crippen LogP contribution in [0.5, 0.6) is 0 Å². The van der Waals surface area contributed by atoms with Gasteiger partial charge >= 0.3 is 5.97 Å². The molecule has 0 aromatic carbocycles. The number of aliphatic hydroxyl groups excluding tert-OH is 11. The second-order valence-electron chi connectivity index (χ2n) is 26.1. The maximum Gasteiger partial charge on any atom is 0.364 e. The molecule has 3 aliphatic heterocycles. The Kier molecular flexibility index (Phi) is 44.1. The van der Waals surface area contributed by atoms with Crippen LogP contribution in [0.4, 0.5) is 0 Å². The molecule has 0 spiro atoms. The molecule has 3 aliphatic rings. The molecule has 90 heavy (non-hydrogen) atoms. The molecule has 2 amide bonds. The fourth-order valence-electron chi connectivity index (χ4n) is 12.7.